The van der Waals surface area contributed by atoms with Gasteiger partial charge < -0.3 is 35.6 Å². The molecule has 1 aromatic heterocycles. The Balaban J connectivity index is 1.52. The number of fused-ring (bicyclic) bond motifs is 5. The summed E-state index contributed by atoms with van der Waals surface area (Å²) in [5.41, 5.74) is 14.0. The molecule has 0 fully saturated rings. The molecule has 8 nitrogen and oxygen atoms in total. The van der Waals surface area contributed by atoms with Gasteiger partial charge in [-0.25, -0.2) is 4.98 Å². The number of nitrogens with two attached hydrogens (primary N) is 1. The molecule has 3 aliphatic rings. The lowest BCUT2D eigenvalue weighted by atomic mass is 9.93. The van der Waals surface area contributed by atoms with Crippen LogP contribution in [0.3, 0.4) is 0 Å². The summed E-state index contributed by atoms with van der Waals surface area (Å²) in [6.45, 7) is 8.67. The van der Waals surface area contributed by atoms with Gasteiger partial charge in [-0.1, -0.05) is 18.7 Å². The molecule has 4 heterocycles. The fraction of sp³-hybridized carbons (Fsp3) is 0.250. The molecule has 3 aliphatic heterocycles. The molecular weight excluding hydrogens is 456 g/mol. The van der Waals surface area contributed by atoms with Crippen LogP contribution in [0.25, 0.3) is 16.6 Å². The van der Waals surface area contributed by atoms with E-state index in [9.17, 15) is 10.2 Å². The predicted octanol–water partition coefficient (Wildman–Crippen LogP) is 3.90. The Kier molecular flexibility index (Phi) is 5.17. The number of hydrogen-bond acceptors (Lipinski definition) is 8. The van der Waals surface area contributed by atoms with Crippen LogP contribution < -0.4 is 20.5 Å². The van der Waals surface area contributed by atoms with Crippen molar-refractivity contribution in [3.63, 3.8) is 0 Å². The molecule has 0 aliphatic carbocycles. The number of benzene rings is 2. The highest BCUT2D eigenvalue weighted by Gasteiger charge is 2.38. The number of hydrogen-bond donors (Lipinski definition) is 4. The predicted molar refractivity (Wildman–Crippen MR) is 139 cm³/mol. The number of ether oxygens (including phenoxy) is 2. The SMILES string of the molecule is C=C(C)C(O)C1=C(C)C(O)N2Cc3c(nc4cc5c(cc4c3CNc3ccccc3N)OCO5)C2=C1. The van der Waals surface area contributed by atoms with E-state index in [1.54, 1.807) is 6.92 Å². The van der Waals surface area contributed by atoms with Gasteiger partial charge in [0.15, 0.2) is 11.5 Å². The van der Waals surface area contributed by atoms with Crippen molar-refractivity contribution >= 4 is 28.0 Å². The van der Waals surface area contributed by atoms with Crippen molar-refractivity contribution in [1.82, 2.24) is 9.88 Å². The first-order valence-corrected chi connectivity index (χ1v) is 11.9. The second-order valence-corrected chi connectivity index (χ2v) is 9.50. The van der Waals surface area contributed by atoms with Crippen LogP contribution in [0, 0.1) is 0 Å². The molecule has 2 aromatic carbocycles. The minimum atomic E-state index is -0.881. The number of rotatable bonds is 5. The lowest BCUT2D eigenvalue weighted by Crippen LogP contribution is -2.35. The van der Waals surface area contributed by atoms with Gasteiger partial charge >= 0.3 is 0 Å². The van der Waals surface area contributed by atoms with Gasteiger partial charge in [0.25, 0.3) is 0 Å². The standard InChI is InChI=1S/C28H28N4O4/c1-14(2)27(33)16-8-23-26-19(12-32(23)28(34)15(16)3)18(11-30-21-7-5-4-6-20(21)29)17-9-24-25(36-13-35-24)10-22(17)31-26/h4-10,27-28,30,33-34H,1,11-13,29H2,2-3H3. The second-order valence-electron chi connectivity index (χ2n) is 9.50. The summed E-state index contributed by atoms with van der Waals surface area (Å²) in [6, 6.07) is 11.5. The van der Waals surface area contributed by atoms with Gasteiger partial charge in [-0.15, -0.1) is 0 Å². The van der Waals surface area contributed by atoms with Crippen molar-refractivity contribution in [2.75, 3.05) is 17.8 Å². The molecule has 2 unspecified atom stereocenters. The third-order valence-corrected chi connectivity index (χ3v) is 7.19. The third kappa shape index (κ3) is 3.41. The highest BCUT2D eigenvalue weighted by atomic mass is 16.7. The minimum absolute atomic E-state index is 0.177. The Labute approximate surface area is 209 Å². The molecule has 5 N–H and O–H groups in total. The summed E-state index contributed by atoms with van der Waals surface area (Å²) in [5.74, 6) is 1.34. The van der Waals surface area contributed by atoms with Crippen LogP contribution in [-0.4, -0.2) is 39.2 Å². The summed E-state index contributed by atoms with van der Waals surface area (Å²) in [6.07, 6.45) is 0.175. The monoisotopic (exact) mass is 484 g/mol. The molecule has 0 saturated heterocycles. The zero-order valence-electron chi connectivity index (χ0n) is 20.2. The summed E-state index contributed by atoms with van der Waals surface area (Å²) >= 11 is 0. The number of aliphatic hydroxyl groups excluding tert-OH is 2. The first-order chi connectivity index (χ1) is 17.3. The zero-order valence-corrected chi connectivity index (χ0v) is 20.2. The minimum Gasteiger partial charge on any atom is -0.454 e. The number of pyridine rings is 1. The van der Waals surface area contributed by atoms with Gasteiger partial charge in [-0.3, -0.25) is 0 Å². The number of nitrogens with one attached hydrogen (secondary N) is 1. The molecular formula is C28H28N4O4. The quantitative estimate of drug-likeness (QED) is 0.319. The fourth-order valence-corrected chi connectivity index (χ4v) is 5.15. The summed E-state index contributed by atoms with van der Waals surface area (Å²) in [7, 11) is 0. The number of aliphatic hydroxyl groups is 2. The highest BCUT2D eigenvalue weighted by Crippen LogP contribution is 2.45. The van der Waals surface area contributed by atoms with Crippen LogP contribution in [0.5, 0.6) is 11.5 Å². The average molecular weight is 485 g/mol. The van der Waals surface area contributed by atoms with Crippen LogP contribution in [0.4, 0.5) is 11.4 Å². The van der Waals surface area contributed by atoms with Crippen LogP contribution >= 0.6 is 0 Å². The van der Waals surface area contributed by atoms with Crippen molar-refractivity contribution in [3.8, 4) is 11.5 Å². The van der Waals surface area contributed by atoms with Crippen LogP contribution in [0.15, 0.2) is 65.8 Å². The topological polar surface area (TPSA) is 113 Å². The van der Waals surface area contributed by atoms with Gasteiger partial charge in [0.1, 0.15) is 6.23 Å². The van der Waals surface area contributed by atoms with E-state index in [1.165, 1.54) is 0 Å². The third-order valence-electron chi connectivity index (χ3n) is 7.19. The summed E-state index contributed by atoms with van der Waals surface area (Å²) in [4.78, 5) is 6.93. The first-order valence-electron chi connectivity index (χ1n) is 11.9. The lowest BCUT2D eigenvalue weighted by molar-refractivity contribution is 0.0722. The van der Waals surface area contributed by atoms with Gasteiger partial charge in [0, 0.05) is 30.1 Å². The normalized spacial score (nSPS) is 18.7. The maximum atomic E-state index is 11.2. The highest BCUT2D eigenvalue weighted by molar-refractivity contribution is 5.91. The van der Waals surface area contributed by atoms with Crippen molar-refractivity contribution in [2.45, 2.75) is 39.3 Å². The van der Waals surface area contributed by atoms with E-state index in [0.717, 1.165) is 39.1 Å². The van der Waals surface area contributed by atoms with E-state index in [0.29, 0.717) is 47.0 Å². The fourth-order valence-electron chi connectivity index (χ4n) is 5.15. The smallest absolute Gasteiger partial charge is 0.231 e. The summed E-state index contributed by atoms with van der Waals surface area (Å²) in [5, 5.41) is 26.4. The molecule has 36 heavy (non-hydrogen) atoms. The van der Waals surface area contributed by atoms with Crippen molar-refractivity contribution in [2.24, 2.45) is 0 Å². The van der Waals surface area contributed by atoms with E-state index < -0.39 is 12.3 Å². The summed E-state index contributed by atoms with van der Waals surface area (Å²) < 4.78 is 11.3. The lowest BCUT2D eigenvalue weighted by Gasteiger charge is -2.33. The molecule has 184 valence electrons. The molecule has 8 heteroatoms. The van der Waals surface area contributed by atoms with Gasteiger partial charge in [-0.05, 0) is 60.4 Å². The molecule has 0 bridgehead atoms. The maximum Gasteiger partial charge on any atom is 0.231 e. The molecule has 0 amide bonds. The average Bonchev–Trinajstić information content (AvgIpc) is 3.47. The molecule has 2 atom stereocenters. The van der Waals surface area contributed by atoms with Crippen LogP contribution in [0.2, 0.25) is 0 Å². The number of nitrogens with zero attached hydrogens (tertiary/aromatic N) is 2. The van der Waals surface area contributed by atoms with E-state index in [1.807, 2.05) is 54.3 Å². The van der Waals surface area contributed by atoms with Gasteiger partial charge in [0.2, 0.25) is 6.79 Å². The largest absolute Gasteiger partial charge is 0.454 e. The molecule has 0 radical (unpaired) electrons. The zero-order chi connectivity index (χ0) is 25.1. The maximum absolute atomic E-state index is 11.2. The number of anilines is 2. The number of para-hydroxylation sites is 2. The Hall–Kier alpha value is -4.01. The Bertz CT molecular complexity index is 1490. The number of nitrogen functional groups attached to an aromatic ring is 1. The van der Waals surface area contributed by atoms with Crippen LogP contribution in [0.1, 0.15) is 30.7 Å². The Morgan fingerprint density at radius 3 is 2.78 bits per heavy atom. The van der Waals surface area contributed by atoms with Crippen LogP contribution in [-0.2, 0) is 13.1 Å². The van der Waals surface area contributed by atoms with E-state index in [2.05, 4.69) is 11.9 Å². The van der Waals surface area contributed by atoms with Gasteiger partial charge in [0.05, 0.1) is 34.4 Å². The molecule has 3 aromatic rings. The molecule has 0 saturated carbocycles. The molecule has 0 spiro atoms. The molecule has 6 rings (SSSR count). The van der Waals surface area contributed by atoms with Crippen molar-refractivity contribution in [1.29, 1.82) is 0 Å². The number of aromatic nitrogens is 1. The van der Waals surface area contributed by atoms with E-state index in [-0.39, 0.29) is 6.79 Å². The van der Waals surface area contributed by atoms with Gasteiger partial charge in [-0.2, -0.15) is 0 Å². The van der Waals surface area contributed by atoms with E-state index >= 15 is 0 Å². The Morgan fingerprint density at radius 2 is 2.03 bits per heavy atom. The Morgan fingerprint density at radius 1 is 1.28 bits per heavy atom. The van der Waals surface area contributed by atoms with Crippen molar-refractivity contribution < 1.29 is 19.7 Å². The first kappa shape index (κ1) is 22.5. The van der Waals surface area contributed by atoms with E-state index in [4.69, 9.17) is 20.2 Å². The second kappa shape index (κ2) is 8.29. The van der Waals surface area contributed by atoms with Crippen molar-refractivity contribution in [3.05, 3.63) is 82.6 Å².